The third-order valence-corrected chi connectivity index (χ3v) is 5.18. The Morgan fingerprint density at radius 2 is 1.47 bits per heavy atom. The Bertz CT molecular complexity index is 1050. The zero-order valence-corrected chi connectivity index (χ0v) is 19.5. The first kappa shape index (κ1) is 25.0. The molecule has 0 fully saturated rings. The number of hydrogen-bond donors (Lipinski definition) is 3. The van der Waals surface area contributed by atoms with Crippen molar-refractivity contribution in [3.63, 3.8) is 0 Å². The van der Waals surface area contributed by atoms with Crippen molar-refractivity contribution < 1.29 is 19.4 Å². The van der Waals surface area contributed by atoms with Gasteiger partial charge in [-0.1, -0.05) is 49.4 Å². The number of benzene rings is 3. The van der Waals surface area contributed by atoms with E-state index in [-0.39, 0.29) is 25.0 Å². The fourth-order valence-corrected chi connectivity index (χ4v) is 3.47. The highest BCUT2D eigenvalue weighted by Gasteiger charge is 2.15. The Labute approximate surface area is 200 Å². The van der Waals surface area contributed by atoms with Crippen molar-refractivity contribution >= 4 is 23.2 Å². The van der Waals surface area contributed by atoms with Crippen LogP contribution in [-0.4, -0.2) is 54.2 Å². The minimum Gasteiger partial charge on any atom is -0.491 e. The van der Waals surface area contributed by atoms with E-state index in [0.29, 0.717) is 30.2 Å². The summed E-state index contributed by atoms with van der Waals surface area (Å²) in [5, 5.41) is 15.9. The zero-order chi connectivity index (χ0) is 24.3. The number of ether oxygens (including phenoxy) is 1. The van der Waals surface area contributed by atoms with Gasteiger partial charge in [-0.05, 0) is 54.1 Å². The van der Waals surface area contributed by atoms with Gasteiger partial charge in [0.05, 0.1) is 6.54 Å². The van der Waals surface area contributed by atoms with Crippen LogP contribution in [0, 0.1) is 0 Å². The van der Waals surface area contributed by atoms with E-state index in [1.54, 1.807) is 24.3 Å². The lowest BCUT2D eigenvalue weighted by Gasteiger charge is -2.23. The molecule has 34 heavy (non-hydrogen) atoms. The molecule has 1 atom stereocenters. The largest absolute Gasteiger partial charge is 0.491 e. The lowest BCUT2D eigenvalue weighted by atomic mass is 10.1. The van der Waals surface area contributed by atoms with Gasteiger partial charge in [0, 0.05) is 24.8 Å². The highest BCUT2D eigenvalue weighted by Crippen LogP contribution is 2.22. The highest BCUT2D eigenvalue weighted by atomic mass is 16.5. The summed E-state index contributed by atoms with van der Waals surface area (Å²) in [5.74, 6) is 0.350. The second-order valence-corrected chi connectivity index (χ2v) is 7.99. The molecule has 0 saturated heterocycles. The Hall–Kier alpha value is -3.68. The van der Waals surface area contributed by atoms with Gasteiger partial charge in [-0.15, -0.1) is 0 Å². The first-order valence-corrected chi connectivity index (χ1v) is 11.3. The van der Waals surface area contributed by atoms with E-state index in [4.69, 9.17) is 4.74 Å². The van der Waals surface area contributed by atoms with Crippen LogP contribution in [0.1, 0.15) is 13.8 Å². The third-order valence-electron chi connectivity index (χ3n) is 5.18. The predicted octanol–water partition coefficient (Wildman–Crippen LogP) is 4.01. The van der Waals surface area contributed by atoms with Crippen LogP contribution in [0.3, 0.4) is 0 Å². The number of carbonyl (C=O) groups excluding carboxylic acids is 2. The van der Waals surface area contributed by atoms with Crippen molar-refractivity contribution in [3.05, 3.63) is 78.9 Å². The fraction of sp³-hybridized carbons (Fsp3) is 0.259. The molecule has 3 rings (SSSR count). The summed E-state index contributed by atoms with van der Waals surface area (Å²) in [6, 6.07) is 24.7. The average Bonchev–Trinajstić information content (AvgIpc) is 2.84. The molecule has 0 bridgehead atoms. The monoisotopic (exact) mass is 461 g/mol. The molecule has 7 heteroatoms. The van der Waals surface area contributed by atoms with Gasteiger partial charge < -0.3 is 20.5 Å². The third kappa shape index (κ3) is 8.03. The molecule has 0 aliphatic heterocycles. The van der Waals surface area contributed by atoms with E-state index in [1.165, 1.54) is 6.92 Å². The van der Waals surface area contributed by atoms with Crippen LogP contribution in [0.5, 0.6) is 5.75 Å². The number of likely N-dealkylation sites (N-methyl/N-ethyl adjacent to an activating group) is 1. The molecule has 178 valence electrons. The van der Waals surface area contributed by atoms with Crippen LogP contribution in [0.25, 0.3) is 11.1 Å². The van der Waals surface area contributed by atoms with Gasteiger partial charge in [0.15, 0.2) is 0 Å². The van der Waals surface area contributed by atoms with Gasteiger partial charge in [0.1, 0.15) is 18.5 Å². The number of rotatable bonds is 11. The molecule has 0 radical (unpaired) electrons. The fourth-order valence-electron chi connectivity index (χ4n) is 3.47. The summed E-state index contributed by atoms with van der Waals surface area (Å²) >= 11 is 0. The molecular formula is C27H31N3O4. The summed E-state index contributed by atoms with van der Waals surface area (Å²) in [5.41, 5.74) is 3.53. The molecule has 0 aliphatic carbocycles. The van der Waals surface area contributed by atoms with Gasteiger partial charge in [-0.2, -0.15) is 0 Å². The SMILES string of the molecule is CCN(CC(=O)Nc1ccc(NC(C)=O)cc1)CC(O)COc1ccc(-c2ccccc2)cc1. The minimum atomic E-state index is -0.738. The van der Waals surface area contributed by atoms with E-state index in [1.807, 2.05) is 54.3 Å². The molecule has 3 N–H and O–H groups in total. The number of anilines is 2. The van der Waals surface area contributed by atoms with Crippen LogP contribution in [0.4, 0.5) is 11.4 Å². The lowest BCUT2D eigenvalue weighted by Crippen LogP contribution is -2.40. The van der Waals surface area contributed by atoms with Crippen LogP contribution < -0.4 is 15.4 Å². The summed E-state index contributed by atoms with van der Waals surface area (Å²) in [4.78, 5) is 25.4. The van der Waals surface area contributed by atoms with E-state index < -0.39 is 6.10 Å². The number of carbonyl (C=O) groups is 2. The van der Waals surface area contributed by atoms with E-state index in [0.717, 1.165) is 11.1 Å². The second kappa shape index (κ2) is 12.5. The molecule has 7 nitrogen and oxygen atoms in total. The van der Waals surface area contributed by atoms with Gasteiger partial charge in [0.25, 0.3) is 0 Å². The van der Waals surface area contributed by atoms with E-state index >= 15 is 0 Å². The quantitative estimate of drug-likeness (QED) is 0.401. The number of nitrogens with zero attached hydrogens (tertiary/aromatic N) is 1. The van der Waals surface area contributed by atoms with Crippen molar-refractivity contribution in [1.82, 2.24) is 4.90 Å². The predicted molar refractivity (Wildman–Crippen MR) is 135 cm³/mol. The van der Waals surface area contributed by atoms with Crippen LogP contribution in [0.2, 0.25) is 0 Å². The van der Waals surface area contributed by atoms with E-state index in [9.17, 15) is 14.7 Å². The molecule has 1 unspecified atom stereocenters. The molecule has 0 aliphatic rings. The second-order valence-electron chi connectivity index (χ2n) is 7.99. The van der Waals surface area contributed by atoms with E-state index in [2.05, 4.69) is 22.8 Å². The topological polar surface area (TPSA) is 90.9 Å². The van der Waals surface area contributed by atoms with Crippen LogP contribution in [0.15, 0.2) is 78.9 Å². The number of aliphatic hydroxyl groups excluding tert-OH is 1. The van der Waals surface area contributed by atoms with Gasteiger partial charge in [0.2, 0.25) is 11.8 Å². The Morgan fingerprint density at radius 3 is 2.06 bits per heavy atom. The maximum absolute atomic E-state index is 12.4. The lowest BCUT2D eigenvalue weighted by molar-refractivity contribution is -0.117. The standard InChI is InChI=1S/C27H31N3O4/c1-3-30(18-27(33)29-24-13-11-23(12-14-24)28-20(2)31)17-25(32)19-34-26-15-9-22(10-16-26)21-7-5-4-6-8-21/h4-16,25,32H,3,17-19H2,1-2H3,(H,28,31)(H,29,33). The smallest absolute Gasteiger partial charge is 0.238 e. The first-order valence-electron chi connectivity index (χ1n) is 11.3. The van der Waals surface area contributed by atoms with Crippen molar-refractivity contribution in [3.8, 4) is 16.9 Å². The summed E-state index contributed by atoms with van der Waals surface area (Å²) in [6.45, 7) is 4.58. The number of aliphatic hydroxyl groups is 1. The molecule has 0 aromatic heterocycles. The first-order chi connectivity index (χ1) is 16.4. The zero-order valence-electron chi connectivity index (χ0n) is 19.5. The van der Waals surface area contributed by atoms with Gasteiger partial charge >= 0.3 is 0 Å². The number of amides is 2. The normalized spacial score (nSPS) is 11.6. The molecule has 3 aromatic carbocycles. The summed E-state index contributed by atoms with van der Waals surface area (Å²) < 4.78 is 5.74. The number of nitrogens with one attached hydrogen (secondary N) is 2. The Kier molecular flexibility index (Phi) is 9.20. The van der Waals surface area contributed by atoms with Crippen molar-refractivity contribution in [2.45, 2.75) is 20.0 Å². The molecule has 0 spiro atoms. The minimum absolute atomic E-state index is 0.132. The number of hydrogen-bond acceptors (Lipinski definition) is 5. The molecule has 0 heterocycles. The van der Waals surface area contributed by atoms with Gasteiger partial charge in [-0.25, -0.2) is 0 Å². The van der Waals surface area contributed by atoms with Crippen LogP contribution in [-0.2, 0) is 9.59 Å². The summed E-state index contributed by atoms with van der Waals surface area (Å²) in [7, 11) is 0. The maximum atomic E-state index is 12.4. The molecule has 2 amide bonds. The van der Waals surface area contributed by atoms with Gasteiger partial charge in [-0.3, -0.25) is 14.5 Å². The highest BCUT2D eigenvalue weighted by molar-refractivity contribution is 5.93. The Balaban J connectivity index is 1.43. The molecule has 3 aromatic rings. The Morgan fingerprint density at radius 1 is 0.882 bits per heavy atom. The van der Waals surface area contributed by atoms with Crippen molar-refractivity contribution in [2.24, 2.45) is 0 Å². The van der Waals surface area contributed by atoms with Crippen molar-refractivity contribution in [1.29, 1.82) is 0 Å². The average molecular weight is 462 g/mol. The molecule has 0 saturated carbocycles. The maximum Gasteiger partial charge on any atom is 0.238 e. The van der Waals surface area contributed by atoms with Crippen LogP contribution >= 0.6 is 0 Å². The summed E-state index contributed by atoms with van der Waals surface area (Å²) in [6.07, 6.45) is -0.738. The molecular weight excluding hydrogens is 430 g/mol. The van der Waals surface area contributed by atoms with Crippen molar-refractivity contribution in [2.75, 3.05) is 36.9 Å².